The Morgan fingerprint density at radius 2 is 2.32 bits per heavy atom. The summed E-state index contributed by atoms with van der Waals surface area (Å²) in [6, 6.07) is 3.91. The first-order valence-electron chi connectivity index (χ1n) is 5.63. The Balaban J connectivity index is 1.90. The summed E-state index contributed by atoms with van der Waals surface area (Å²) in [6.07, 6.45) is 1.84. The summed E-state index contributed by atoms with van der Waals surface area (Å²) in [5.41, 5.74) is 0.742. The number of carbonyl (C=O) groups excluding carboxylic acids is 1. The van der Waals surface area contributed by atoms with Gasteiger partial charge in [0, 0.05) is 19.0 Å². The predicted octanol–water partition coefficient (Wildman–Crippen LogP) is 1.92. The fourth-order valence-corrected chi connectivity index (χ4v) is 2.89. The van der Waals surface area contributed by atoms with Crippen LogP contribution in [0.2, 0.25) is 0 Å². The lowest BCUT2D eigenvalue weighted by Crippen LogP contribution is -2.34. The fourth-order valence-electron chi connectivity index (χ4n) is 1.42. The van der Waals surface area contributed by atoms with Crippen molar-refractivity contribution in [3.05, 3.63) is 32.7 Å². The van der Waals surface area contributed by atoms with E-state index in [9.17, 15) is 4.79 Å². The van der Waals surface area contributed by atoms with Gasteiger partial charge in [0.15, 0.2) is 0 Å². The molecule has 0 saturated carbocycles. The molecule has 0 aliphatic rings. The molecule has 19 heavy (non-hydrogen) atoms. The number of urea groups is 1. The van der Waals surface area contributed by atoms with Crippen LogP contribution in [0.3, 0.4) is 0 Å². The van der Waals surface area contributed by atoms with Crippen LogP contribution >= 0.6 is 27.3 Å². The Hall–Kier alpha value is -1.41. The second kappa shape index (κ2) is 6.16. The summed E-state index contributed by atoms with van der Waals surface area (Å²) in [5, 5.41) is 10.8. The van der Waals surface area contributed by atoms with Crippen LogP contribution in [0.15, 0.2) is 22.1 Å². The molecule has 0 aliphatic carbocycles. The van der Waals surface area contributed by atoms with E-state index in [1.807, 2.05) is 18.3 Å². The molecular weight excluding hydrogens is 330 g/mol. The smallest absolute Gasteiger partial charge is 0.317 e. The van der Waals surface area contributed by atoms with Crippen LogP contribution < -0.4 is 5.32 Å². The van der Waals surface area contributed by atoms with Crippen molar-refractivity contribution in [1.29, 1.82) is 0 Å². The van der Waals surface area contributed by atoms with Crippen molar-refractivity contribution in [2.24, 2.45) is 0 Å². The Morgan fingerprint density at radius 3 is 2.95 bits per heavy atom. The summed E-state index contributed by atoms with van der Waals surface area (Å²) in [5.74, 6) is 0. The first-order valence-corrected chi connectivity index (χ1v) is 7.24. The first-order chi connectivity index (χ1) is 9.04. The minimum Gasteiger partial charge on any atom is -0.332 e. The highest BCUT2D eigenvalue weighted by molar-refractivity contribution is 9.11. The molecule has 1 N–H and O–H groups in total. The highest BCUT2D eigenvalue weighted by Gasteiger charge is 2.06. The minimum absolute atomic E-state index is 0.142. The van der Waals surface area contributed by atoms with E-state index in [1.165, 1.54) is 9.78 Å². The number of hydrogen-bond donors (Lipinski definition) is 1. The molecule has 102 valence electrons. The number of hydrogen-bond acceptors (Lipinski definition) is 4. The summed E-state index contributed by atoms with van der Waals surface area (Å²) in [6.45, 7) is 1.07. The standard InChI is InChI=1S/C11H14BrN5OS/c1-16(2)11(18)13-5-8-6-17(15-14-8)7-9-3-4-10(12)19-9/h3-4,6H,5,7H2,1-2H3,(H,13,18). The van der Waals surface area contributed by atoms with Gasteiger partial charge >= 0.3 is 6.03 Å². The zero-order chi connectivity index (χ0) is 13.8. The molecule has 0 atom stereocenters. The number of halogens is 1. The SMILES string of the molecule is CN(C)C(=O)NCc1cn(Cc2ccc(Br)s2)nn1. The van der Waals surface area contributed by atoms with Gasteiger partial charge in [-0.25, -0.2) is 9.48 Å². The highest BCUT2D eigenvalue weighted by atomic mass is 79.9. The molecule has 0 radical (unpaired) electrons. The molecule has 0 aliphatic heterocycles. The van der Waals surface area contributed by atoms with E-state index in [1.54, 1.807) is 30.1 Å². The van der Waals surface area contributed by atoms with Gasteiger partial charge < -0.3 is 10.2 Å². The van der Waals surface area contributed by atoms with Crippen LogP contribution in [0.25, 0.3) is 0 Å². The van der Waals surface area contributed by atoms with Gasteiger partial charge in [0.05, 0.1) is 23.1 Å². The Bertz CT molecular complexity index is 565. The van der Waals surface area contributed by atoms with E-state index in [0.717, 1.165) is 9.48 Å². The van der Waals surface area contributed by atoms with Crippen molar-refractivity contribution < 1.29 is 4.79 Å². The predicted molar refractivity (Wildman–Crippen MR) is 77.1 cm³/mol. The number of aromatic nitrogens is 3. The van der Waals surface area contributed by atoms with Crippen LogP contribution in [0, 0.1) is 0 Å². The van der Waals surface area contributed by atoms with Crippen LogP contribution in [-0.2, 0) is 13.1 Å². The first kappa shape index (κ1) is 14.0. The van der Waals surface area contributed by atoms with Gasteiger partial charge in [-0.15, -0.1) is 16.4 Å². The Labute approximate surface area is 123 Å². The van der Waals surface area contributed by atoms with E-state index in [2.05, 4.69) is 31.6 Å². The van der Waals surface area contributed by atoms with Crippen molar-refractivity contribution in [1.82, 2.24) is 25.2 Å². The maximum atomic E-state index is 11.4. The van der Waals surface area contributed by atoms with E-state index in [0.29, 0.717) is 13.1 Å². The molecule has 0 spiro atoms. The van der Waals surface area contributed by atoms with Gasteiger partial charge in [0.1, 0.15) is 5.69 Å². The lowest BCUT2D eigenvalue weighted by Gasteiger charge is -2.10. The molecule has 0 unspecified atom stereocenters. The molecule has 0 saturated heterocycles. The highest BCUT2D eigenvalue weighted by Crippen LogP contribution is 2.22. The number of nitrogens with one attached hydrogen (secondary N) is 1. The summed E-state index contributed by atoms with van der Waals surface area (Å²) < 4.78 is 2.86. The van der Waals surface area contributed by atoms with E-state index >= 15 is 0 Å². The average molecular weight is 344 g/mol. The van der Waals surface area contributed by atoms with Crippen molar-refractivity contribution in [2.45, 2.75) is 13.1 Å². The summed E-state index contributed by atoms with van der Waals surface area (Å²) in [7, 11) is 3.39. The minimum atomic E-state index is -0.142. The lowest BCUT2D eigenvalue weighted by atomic mass is 10.4. The molecule has 8 heteroatoms. The van der Waals surface area contributed by atoms with Crippen molar-refractivity contribution >= 4 is 33.3 Å². The summed E-state index contributed by atoms with van der Waals surface area (Å²) in [4.78, 5) is 14.0. The van der Waals surface area contributed by atoms with E-state index < -0.39 is 0 Å². The Kier molecular flexibility index (Phi) is 4.54. The van der Waals surface area contributed by atoms with Gasteiger partial charge in [-0.3, -0.25) is 0 Å². The second-order valence-electron chi connectivity index (χ2n) is 4.17. The number of carbonyl (C=O) groups is 1. The third kappa shape index (κ3) is 4.03. The molecule has 0 aromatic carbocycles. The number of thiophene rings is 1. The van der Waals surface area contributed by atoms with Crippen molar-refractivity contribution in [3.8, 4) is 0 Å². The zero-order valence-electron chi connectivity index (χ0n) is 10.6. The molecule has 6 nitrogen and oxygen atoms in total. The van der Waals surface area contributed by atoms with Gasteiger partial charge in [0.25, 0.3) is 0 Å². The van der Waals surface area contributed by atoms with Gasteiger partial charge in [-0.2, -0.15) is 0 Å². The van der Waals surface area contributed by atoms with Gasteiger partial charge in [0.2, 0.25) is 0 Å². The molecular formula is C11H14BrN5OS. The topological polar surface area (TPSA) is 63.1 Å². The van der Waals surface area contributed by atoms with Crippen molar-refractivity contribution in [3.63, 3.8) is 0 Å². The van der Waals surface area contributed by atoms with Gasteiger partial charge in [-0.05, 0) is 28.1 Å². The third-order valence-electron chi connectivity index (χ3n) is 2.36. The average Bonchev–Trinajstić information content (AvgIpc) is 2.96. The van der Waals surface area contributed by atoms with Crippen molar-refractivity contribution in [2.75, 3.05) is 14.1 Å². The van der Waals surface area contributed by atoms with Crippen LogP contribution in [-0.4, -0.2) is 40.0 Å². The van der Waals surface area contributed by atoms with Gasteiger partial charge in [-0.1, -0.05) is 5.21 Å². The molecule has 0 bridgehead atoms. The number of rotatable bonds is 4. The third-order valence-corrected chi connectivity index (χ3v) is 3.97. The normalized spacial score (nSPS) is 10.5. The van der Waals surface area contributed by atoms with Crippen LogP contribution in [0.5, 0.6) is 0 Å². The molecule has 2 heterocycles. The largest absolute Gasteiger partial charge is 0.332 e. The van der Waals surface area contributed by atoms with E-state index in [4.69, 9.17) is 0 Å². The molecule has 2 amide bonds. The Morgan fingerprint density at radius 1 is 1.53 bits per heavy atom. The summed E-state index contributed by atoms with van der Waals surface area (Å²) >= 11 is 5.09. The maximum absolute atomic E-state index is 11.4. The maximum Gasteiger partial charge on any atom is 0.317 e. The molecule has 0 fully saturated rings. The lowest BCUT2D eigenvalue weighted by molar-refractivity contribution is 0.217. The molecule has 2 aromatic heterocycles. The van der Waals surface area contributed by atoms with E-state index in [-0.39, 0.29) is 6.03 Å². The fraction of sp³-hybridized carbons (Fsp3) is 0.364. The second-order valence-corrected chi connectivity index (χ2v) is 6.71. The zero-order valence-corrected chi connectivity index (χ0v) is 13.0. The number of nitrogens with zero attached hydrogens (tertiary/aromatic N) is 4. The quantitative estimate of drug-likeness (QED) is 0.922. The molecule has 2 rings (SSSR count). The van der Waals surface area contributed by atoms with Crippen LogP contribution in [0.1, 0.15) is 10.6 Å². The monoisotopic (exact) mass is 343 g/mol. The molecule has 2 aromatic rings. The number of amides is 2. The van der Waals surface area contributed by atoms with Crippen LogP contribution in [0.4, 0.5) is 4.79 Å².